The Hall–Kier alpha value is -2.33. The highest BCUT2D eigenvalue weighted by Gasteiger charge is 2.26. The summed E-state index contributed by atoms with van der Waals surface area (Å²) >= 11 is 0. The average Bonchev–Trinajstić information content (AvgIpc) is 3.08. The molecule has 1 saturated heterocycles. The molecule has 1 amide bonds. The first kappa shape index (κ1) is 19.4. The molecule has 0 aromatic heterocycles. The highest BCUT2D eigenvalue weighted by molar-refractivity contribution is 7.89. The summed E-state index contributed by atoms with van der Waals surface area (Å²) in [5.41, 5.74) is 7.70. The lowest BCUT2D eigenvalue weighted by Crippen LogP contribution is -2.44. The molecule has 0 bridgehead atoms. The number of sulfonamides is 1. The smallest absolute Gasteiger partial charge is 0.238 e. The maximum atomic E-state index is 13.3. The van der Waals surface area contributed by atoms with Crippen molar-refractivity contribution in [2.45, 2.75) is 36.4 Å². The van der Waals surface area contributed by atoms with E-state index in [2.05, 4.69) is 16.2 Å². The minimum absolute atomic E-state index is 0.0420. The molecule has 0 aliphatic carbocycles. The van der Waals surface area contributed by atoms with Crippen LogP contribution < -0.4 is 21.3 Å². The van der Waals surface area contributed by atoms with Gasteiger partial charge in [0.2, 0.25) is 15.9 Å². The molecule has 27 heavy (non-hydrogen) atoms. The number of nitrogens with one attached hydrogen (secondary N) is 3. The number of hydrazine groups is 1. The van der Waals surface area contributed by atoms with Gasteiger partial charge in [0.1, 0.15) is 5.82 Å². The Kier molecular flexibility index (Phi) is 5.85. The molecule has 5 N–H and O–H groups in total. The summed E-state index contributed by atoms with van der Waals surface area (Å²) in [4.78, 5) is 12.2. The predicted molar refractivity (Wildman–Crippen MR) is 98.1 cm³/mol. The van der Waals surface area contributed by atoms with Gasteiger partial charge < -0.3 is 5.32 Å². The molecular formula is C18H21FN4O3S. The van der Waals surface area contributed by atoms with Gasteiger partial charge in [-0.2, -0.15) is 0 Å². The summed E-state index contributed by atoms with van der Waals surface area (Å²) in [6.07, 6.45) is 1.08. The highest BCUT2D eigenvalue weighted by atomic mass is 32.2. The van der Waals surface area contributed by atoms with E-state index >= 15 is 0 Å². The Labute approximate surface area is 157 Å². The quantitative estimate of drug-likeness (QED) is 0.588. The molecule has 1 aliphatic rings. The molecule has 0 saturated carbocycles. The van der Waals surface area contributed by atoms with Gasteiger partial charge in [-0.05, 0) is 41.8 Å². The zero-order valence-electron chi connectivity index (χ0n) is 14.5. The van der Waals surface area contributed by atoms with Gasteiger partial charge in [0, 0.05) is 18.9 Å². The number of aryl methyl sites for hydroxylation is 1. The van der Waals surface area contributed by atoms with Crippen molar-refractivity contribution in [1.82, 2.24) is 16.2 Å². The molecule has 0 radical (unpaired) electrons. The number of nitrogens with two attached hydrogens (primary N) is 1. The van der Waals surface area contributed by atoms with Crippen LogP contribution in [-0.2, 0) is 21.2 Å². The van der Waals surface area contributed by atoms with Crippen LogP contribution in [0, 0.1) is 5.82 Å². The minimum Gasteiger partial charge on any atom is -0.339 e. The molecule has 2 atom stereocenters. The third-order valence-electron chi connectivity index (χ3n) is 4.38. The Morgan fingerprint density at radius 2 is 1.93 bits per heavy atom. The van der Waals surface area contributed by atoms with Crippen LogP contribution in [0.5, 0.6) is 0 Å². The van der Waals surface area contributed by atoms with Crippen molar-refractivity contribution in [3.8, 4) is 0 Å². The average molecular weight is 392 g/mol. The minimum atomic E-state index is -3.72. The van der Waals surface area contributed by atoms with E-state index < -0.39 is 10.0 Å². The van der Waals surface area contributed by atoms with Crippen LogP contribution in [0.4, 0.5) is 4.39 Å². The molecule has 144 valence electrons. The van der Waals surface area contributed by atoms with Crippen molar-refractivity contribution in [1.29, 1.82) is 0 Å². The number of halogens is 1. The van der Waals surface area contributed by atoms with E-state index in [0.717, 1.165) is 11.1 Å². The van der Waals surface area contributed by atoms with Crippen molar-refractivity contribution < 1.29 is 17.6 Å². The number of hydrogen-bond acceptors (Lipinski definition) is 5. The molecule has 1 aliphatic heterocycles. The van der Waals surface area contributed by atoms with Crippen LogP contribution in [0.2, 0.25) is 0 Å². The van der Waals surface area contributed by atoms with E-state index in [1.54, 1.807) is 18.2 Å². The van der Waals surface area contributed by atoms with E-state index in [9.17, 15) is 17.6 Å². The first-order chi connectivity index (χ1) is 12.8. The Morgan fingerprint density at radius 3 is 2.59 bits per heavy atom. The van der Waals surface area contributed by atoms with E-state index in [1.165, 1.54) is 24.3 Å². The fourth-order valence-electron chi connectivity index (χ4n) is 2.96. The number of amides is 1. The van der Waals surface area contributed by atoms with Gasteiger partial charge in [0.25, 0.3) is 0 Å². The third-order valence-corrected chi connectivity index (χ3v) is 5.31. The van der Waals surface area contributed by atoms with Crippen LogP contribution in [0.3, 0.4) is 0 Å². The Bertz CT molecular complexity index is 918. The summed E-state index contributed by atoms with van der Waals surface area (Å²) < 4.78 is 35.8. The summed E-state index contributed by atoms with van der Waals surface area (Å²) in [5, 5.41) is 7.93. The van der Waals surface area contributed by atoms with E-state index in [1.807, 2.05) is 6.07 Å². The molecule has 0 spiro atoms. The first-order valence-electron chi connectivity index (χ1n) is 8.49. The zero-order valence-corrected chi connectivity index (χ0v) is 15.3. The van der Waals surface area contributed by atoms with Crippen molar-refractivity contribution in [3.63, 3.8) is 0 Å². The molecule has 3 rings (SSSR count). The third kappa shape index (κ3) is 5.33. The van der Waals surface area contributed by atoms with E-state index in [4.69, 9.17) is 5.14 Å². The van der Waals surface area contributed by atoms with Crippen LogP contribution in [-0.4, -0.2) is 20.5 Å². The highest BCUT2D eigenvalue weighted by Crippen LogP contribution is 2.21. The molecule has 1 heterocycles. The number of hydrogen-bond donors (Lipinski definition) is 4. The number of carbonyl (C=O) groups is 1. The van der Waals surface area contributed by atoms with Gasteiger partial charge in [-0.3, -0.25) is 4.79 Å². The van der Waals surface area contributed by atoms with Gasteiger partial charge in [-0.15, -0.1) is 0 Å². The maximum absolute atomic E-state index is 13.3. The Balaban J connectivity index is 1.47. The number of rotatable bonds is 6. The van der Waals surface area contributed by atoms with E-state index in [-0.39, 0.29) is 35.2 Å². The zero-order chi connectivity index (χ0) is 19.4. The Morgan fingerprint density at radius 1 is 1.19 bits per heavy atom. The molecule has 2 unspecified atom stereocenters. The molecule has 2 aromatic rings. The lowest BCUT2D eigenvalue weighted by Gasteiger charge is -2.12. The monoisotopic (exact) mass is 392 g/mol. The van der Waals surface area contributed by atoms with Gasteiger partial charge >= 0.3 is 0 Å². The fourth-order valence-corrected chi connectivity index (χ4v) is 3.48. The maximum Gasteiger partial charge on any atom is 0.238 e. The molecule has 7 nitrogen and oxygen atoms in total. The summed E-state index contributed by atoms with van der Waals surface area (Å²) in [7, 11) is -3.72. The normalized spacial score (nSPS) is 19.8. The van der Waals surface area contributed by atoms with Crippen molar-refractivity contribution >= 4 is 15.9 Å². The SMILES string of the molecule is NS(=O)(=O)c1ccc(CCC(=O)NC2CC(c3cccc(F)c3)NN2)cc1. The molecule has 2 aromatic carbocycles. The van der Waals surface area contributed by atoms with Gasteiger partial charge in [0.15, 0.2) is 0 Å². The largest absolute Gasteiger partial charge is 0.339 e. The van der Waals surface area contributed by atoms with Crippen LogP contribution in [0.15, 0.2) is 53.4 Å². The van der Waals surface area contributed by atoms with Crippen molar-refractivity contribution in [2.75, 3.05) is 0 Å². The van der Waals surface area contributed by atoms with Gasteiger partial charge in [-0.1, -0.05) is 24.3 Å². The topological polar surface area (TPSA) is 113 Å². The second-order valence-corrected chi connectivity index (χ2v) is 8.00. The predicted octanol–water partition coefficient (Wildman–Crippen LogP) is 1.09. The lowest BCUT2D eigenvalue weighted by atomic mass is 10.0. The first-order valence-corrected chi connectivity index (χ1v) is 10.0. The van der Waals surface area contributed by atoms with Crippen LogP contribution in [0.25, 0.3) is 0 Å². The van der Waals surface area contributed by atoms with Crippen LogP contribution >= 0.6 is 0 Å². The summed E-state index contributed by atoms with van der Waals surface area (Å²) in [6, 6.07) is 12.4. The number of carbonyl (C=O) groups excluding carboxylic acids is 1. The standard InChI is InChI=1S/C18H21FN4O3S/c19-14-3-1-2-13(10-14)16-11-17(23-22-16)21-18(24)9-6-12-4-7-15(8-5-12)27(20,25)26/h1-5,7-8,10,16-17,22-23H,6,9,11H2,(H,21,24)(H2,20,25,26). The lowest BCUT2D eigenvalue weighted by molar-refractivity contribution is -0.121. The van der Waals surface area contributed by atoms with Crippen molar-refractivity contribution in [2.24, 2.45) is 5.14 Å². The fraction of sp³-hybridized carbons (Fsp3) is 0.278. The van der Waals surface area contributed by atoms with Gasteiger partial charge in [0.05, 0.1) is 11.1 Å². The summed E-state index contributed by atoms with van der Waals surface area (Å²) in [5.74, 6) is -0.431. The summed E-state index contributed by atoms with van der Waals surface area (Å²) in [6.45, 7) is 0. The molecule has 9 heteroatoms. The van der Waals surface area contributed by atoms with Crippen molar-refractivity contribution in [3.05, 3.63) is 65.5 Å². The molecular weight excluding hydrogens is 371 g/mol. The second-order valence-electron chi connectivity index (χ2n) is 6.44. The number of primary sulfonamides is 1. The van der Waals surface area contributed by atoms with E-state index in [0.29, 0.717) is 12.8 Å². The van der Waals surface area contributed by atoms with Gasteiger partial charge in [-0.25, -0.2) is 28.8 Å². The number of benzene rings is 2. The second kappa shape index (κ2) is 8.13. The van der Waals surface area contributed by atoms with Crippen LogP contribution in [0.1, 0.15) is 30.0 Å². The molecule has 1 fully saturated rings.